The summed E-state index contributed by atoms with van der Waals surface area (Å²) < 4.78 is 31.9. The zero-order valence-corrected chi connectivity index (χ0v) is 16.9. The number of nitrogens with one attached hydrogen (secondary N) is 2. The van der Waals surface area contributed by atoms with E-state index in [-0.39, 0.29) is 29.7 Å². The SMILES string of the molecule is CN=C(NCCc1cc(F)ccc1F)NCc1cc(OC)ccc1O.I. The summed E-state index contributed by atoms with van der Waals surface area (Å²) in [5.74, 6) is 0.364. The largest absolute Gasteiger partial charge is 0.508 e. The standard InChI is InChI=1S/C18H21F2N3O2.HI/c1-21-18(22-8-7-12-9-14(19)3-5-16(12)20)23-11-13-10-15(25-2)4-6-17(13)24;/h3-6,9-10,24H,7-8,11H2,1-2H3,(H2,21,22,23);1H. The van der Waals surface area contributed by atoms with Crippen molar-refractivity contribution in [3.05, 3.63) is 59.2 Å². The highest BCUT2D eigenvalue weighted by Crippen LogP contribution is 2.22. The highest BCUT2D eigenvalue weighted by Gasteiger charge is 2.06. The van der Waals surface area contributed by atoms with Gasteiger partial charge in [-0.1, -0.05) is 0 Å². The summed E-state index contributed by atoms with van der Waals surface area (Å²) in [6.07, 6.45) is 0.314. The van der Waals surface area contributed by atoms with Gasteiger partial charge in [0, 0.05) is 25.7 Å². The maximum absolute atomic E-state index is 13.6. The molecule has 0 amide bonds. The van der Waals surface area contributed by atoms with Crippen molar-refractivity contribution in [1.29, 1.82) is 0 Å². The summed E-state index contributed by atoms with van der Waals surface area (Å²) in [5.41, 5.74) is 0.951. The number of benzene rings is 2. The van der Waals surface area contributed by atoms with Gasteiger partial charge in [-0.25, -0.2) is 8.78 Å². The van der Waals surface area contributed by atoms with Crippen molar-refractivity contribution in [1.82, 2.24) is 10.6 Å². The average Bonchev–Trinajstić information content (AvgIpc) is 2.62. The minimum absolute atomic E-state index is 0. The Morgan fingerprint density at radius 2 is 1.88 bits per heavy atom. The Morgan fingerprint density at radius 1 is 1.12 bits per heavy atom. The predicted molar refractivity (Wildman–Crippen MR) is 108 cm³/mol. The maximum Gasteiger partial charge on any atom is 0.191 e. The fraction of sp³-hybridized carbons (Fsp3) is 0.278. The van der Waals surface area contributed by atoms with Crippen molar-refractivity contribution in [3.8, 4) is 11.5 Å². The first-order chi connectivity index (χ1) is 12.0. The van der Waals surface area contributed by atoms with E-state index in [1.54, 1.807) is 32.4 Å². The lowest BCUT2D eigenvalue weighted by Gasteiger charge is -2.13. The van der Waals surface area contributed by atoms with Crippen LogP contribution in [0.4, 0.5) is 8.78 Å². The third-order valence-electron chi connectivity index (χ3n) is 3.65. The number of methoxy groups -OCH3 is 1. The number of aliphatic imine (C=N–C) groups is 1. The van der Waals surface area contributed by atoms with E-state index in [1.165, 1.54) is 6.07 Å². The molecule has 0 aliphatic carbocycles. The molecular weight excluding hydrogens is 455 g/mol. The number of rotatable bonds is 6. The topological polar surface area (TPSA) is 65.9 Å². The number of ether oxygens (including phenoxy) is 1. The quantitative estimate of drug-likeness (QED) is 0.340. The molecule has 26 heavy (non-hydrogen) atoms. The molecule has 2 aromatic rings. The number of aromatic hydroxyl groups is 1. The Balaban J connectivity index is 0.00000338. The molecule has 0 fully saturated rings. The molecule has 0 bridgehead atoms. The van der Waals surface area contributed by atoms with Gasteiger partial charge in [0.05, 0.1) is 7.11 Å². The van der Waals surface area contributed by atoms with Gasteiger partial charge in [-0.3, -0.25) is 4.99 Å². The lowest BCUT2D eigenvalue weighted by atomic mass is 10.1. The number of hydrogen-bond acceptors (Lipinski definition) is 3. The molecule has 2 rings (SSSR count). The summed E-state index contributed by atoms with van der Waals surface area (Å²) >= 11 is 0. The van der Waals surface area contributed by atoms with Crippen molar-refractivity contribution in [2.45, 2.75) is 13.0 Å². The molecule has 0 radical (unpaired) electrons. The molecule has 142 valence electrons. The Kier molecular flexibility index (Phi) is 9.11. The van der Waals surface area contributed by atoms with E-state index < -0.39 is 11.6 Å². The minimum Gasteiger partial charge on any atom is -0.508 e. The van der Waals surface area contributed by atoms with E-state index in [1.807, 2.05) is 0 Å². The van der Waals surface area contributed by atoms with Crippen LogP contribution in [0.3, 0.4) is 0 Å². The fourth-order valence-corrected chi connectivity index (χ4v) is 2.28. The Hall–Kier alpha value is -2.10. The maximum atomic E-state index is 13.6. The van der Waals surface area contributed by atoms with Crippen LogP contribution in [-0.2, 0) is 13.0 Å². The van der Waals surface area contributed by atoms with E-state index in [0.717, 1.165) is 12.1 Å². The molecule has 0 aromatic heterocycles. The van der Waals surface area contributed by atoms with Crippen molar-refractivity contribution in [2.75, 3.05) is 20.7 Å². The van der Waals surface area contributed by atoms with Crippen LogP contribution in [0.15, 0.2) is 41.4 Å². The van der Waals surface area contributed by atoms with E-state index >= 15 is 0 Å². The molecule has 0 heterocycles. The molecule has 5 nitrogen and oxygen atoms in total. The highest BCUT2D eigenvalue weighted by molar-refractivity contribution is 14.0. The number of hydrogen-bond donors (Lipinski definition) is 3. The van der Waals surface area contributed by atoms with Crippen LogP contribution >= 0.6 is 24.0 Å². The van der Waals surface area contributed by atoms with Gasteiger partial charge < -0.3 is 20.5 Å². The van der Waals surface area contributed by atoms with Crippen LogP contribution in [-0.4, -0.2) is 31.8 Å². The summed E-state index contributed by atoms with van der Waals surface area (Å²) in [6, 6.07) is 8.33. The van der Waals surface area contributed by atoms with Gasteiger partial charge in [-0.2, -0.15) is 0 Å². The summed E-state index contributed by atoms with van der Waals surface area (Å²) in [6.45, 7) is 0.709. The van der Waals surface area contributed by atoms with Crippen LogP contribution < -0.4 is 15.4 Å². The molecule has 0 unspecified atom stereocenters. The van der Waals surface area contributed by atoms with Gasteiger partial charge in [0.2, 0.25) is 0 Å². The molecule has 0 atom stereocenters. The highest BCUT2D eigenvalue weighted by atomic mass is 127. The first kappa shape index (κ1) is 21.9. The van der Waals surface area contributed by atoms with E-state index in [0.29, 0.717) is 42.3 Å². The lowest BCUT2D eigenvalue weighted by Crippen LogP contribution is -2.37. The Morgan fingerprint density at radius 3 is 2.58 bits per heavy atom. The van der Waals surface area contributed by atoms with E-state index in [2.05, 4.69) is 15.6 Å². The smallest absolute Gasteiger partial charge is 0.191 e. The Labute approximate surface area is 168 Å². The summed E-state index contributed by atoms with van der Waals surface area (Å²) in [5, 5.41) is 15.9. The van der Waals surface area contributed by atoms with Crippen LogP contribution in [0, 0.1) is 11.6 Å². The summed E-state index contributed by atoms with van der Waals surface area (Å²) in [7, 11) is 3.15. The number of phenols is 1. The molecule has 0 aliphatic rings. The average molecular weight is 477 g/mol. The van der Waals surface area contributed by atoms with Gasteiger partial charge in [0.15, 0.2) is 5.96 Å². The van der Waals surface area contributed by atoms with Gasteiger partial charge in [-0.15, -0.1) is 24.0 Å². The van der Waals surface area contributed by atoms with Crippen LogP contribution in [0.1, 0.15) is 11.1 Å². The first-order valence-electron chi connectivity index (χ1n) is 7.78. The number of phenolic OH excluding ortho intramolecular Hbond substituents is 1. The fourth-order valence-electron chi connectivity index (χ4n) is 2.28. The van der Waals surface area contributed by atoms with Crippen molar-refractivity contribution in [3.63, 3.8) is 0 Å². The molecule has 0 aliphatic heterocycles. The van der Waals surface area contributed by atoms with Crippen molar-refractivity contribution in [2.24, 2.45) is 4.99 Å². The molecule has 0 saturated heterocycles. The Bertz CT molecular complexity index is 757. The minimum atomic E-state index is -0.465. The van der Waals surface area contributed by atoms with Crippen molar-refractivity contribution < 1.29 is 18.6 Å². The molecule has 0 saturated carbocycles. The van der Waals surface area contributed by atoms with E-state index in [4.69, 9.17) is 4.74 Å². The number of halogens is 3. The molecular formula is C18H22F2IN3O2. The zero-order valence-electron chi connectivity index (χ0n) is 14.6. The predicted octanol–water partition coefficient (Wildman–Crippen LogP) is 3.20. The third kappa shape index (κ3) is 6.32. The molecule has 2 aromatic carbocycles. The van der Waals surface area contributed by atoms with Crippen LogP contribution in [0.2, 0.25) is 0 Å². The monoisotopic (exact) mass is 477 g/mol. The third-order valence-corrected chi connectivity index (χ3v) is 3.65. The number of guanidine groups is 1. The zero-order chi connectivity index (χ0) is 18.2. The molecule has 3 N–H and O–H groups in total. The first-order valence-corrected chi connectivity index (χ1v) is 7.78. The lowest BCUT2D eigenvalue weighted by molar-refractivity contribution is 0.410. The van der Waals surface area contributed by atoms with Crippen molar-refractivity contribution >= 4 is 29.9 Å². The summed E-state index contributed by atoms with van der Waals surface area (Å²) in [4.78, 5) is 4.06. The molecule has 8 heteroatoms. The normalized spacial score (nSPS) is 10.8. The van der Waals surface area contributed by atoms with Gasteiger partial charge in [0.25, 0.3) is 0 Å². The second kappa shape index (κ2) is 10.8. The van der Waals surface area contributed by atoms with Crippen LogP contribution in [0.5, 0.6) is 11.5 Å². The van der Waals surface area contributed by atoms with Gasteiger partial charge in [0.1, 0.15) is 23.1 Å². The van der Waals surface area contributed by atoms with E-state index in [9.17, 15) is 13.9 Å². The number of nitrogens with zero attached hydrogens (tertiary/aromatic N) is 1. The van der Waals surface area contributed by atoms with Gasteiger partial charge in [-0.05, 0) is 48.4 Å². The second-order valence-corrected chi connectivity index (χ2v) is 5.33. The molecule has 0 spiro atoms. The van der Waals surface area contributed by atoms with Crippen LogP contribution in [0.25, 0.3) is 0 Å². The van der Waals surface area contributed by atoms with Gasteiger partial charge >= 0.3 is 0 Å². The second-order valence-electron chi connectivity index (χ2n) is 5.33.